The summed E-state index contributed by atoms with van der Waals surface area (Å²) in [6.07, 6.45) is 0.0704. The van der Waals surface area contributed by atoms with Gasteiger partial charge in [-0.1, -0.05) is 41.9 Å². The van der Waals surface area contributed by atoms with E-state index in [2.05, 4.69) is 15.3 Å². The zero-order valence-electron chi connectivity index (χ0n) is 13.5. The number of imidazole rings is 1. The quantitative estimate of drug-likeness (QED) is 0.628. The molecule has 0 saturated heterocycles. The summed E-state index contributed by atoms with van der Waals surface area (Å²) in [5, 5.41) is 3.33. The molecule has 0 fully saturated rings. The summed E-state index contributed by atoms with van der Waals surface area (Å²) in [6, 6.07) is 14.6. The van der Waals surface area contributed by atoms with Gasteiger partial charge < -0.3 is 20.8 Å². The lowest BCUT2D eigenvalue weighted by Crippen LogP contribution is -2.28. The second-order valence-electron chi connectivity index (χ2n) is 5.67. The summed E-state index contributed by atoms with van der Waals surface area (Å²) in [7, 11) is 0. The molecule has 3 aromatic rings. The molecule has 3 rings (SSSR count). The number of benzene rings is 2. The molecule has 0 aliphatic rings. The molecular weight excluding hydrogens is 340 g/mol. The van der Waals surface area contributed by atoms with Gasteiger partial charge in [0.1, 0.15) is 12.4 Å². The minimum atomic E-state index is -0.465. The van der Waals surface area contributed by atoms with Crippen LogP contribution in [0.4, 0.5) is 4.79 Å². The monoisotopic (exact) mass is 358 g/mol. The Kier molecular flexibility index (Phi) is 5.53. The fraction of sp³-hybridized carbons (Fsp3) is 0.222. The van der Waals surface area contributed by atoms with E-state index in [1.807, 2.05) is 36.4 Å². The molecule has 1 atom stereocenters. The largest absolute Gasteiger partial charge is 0.445 e. The number of hydrogen-bond donors (Lipinski definition) is 3. The molecule has 6 nitrogen and oxygen atoms in total. The predicted molar refractivity (Wildman–Crippen MR) is 97.3 cm³/mol. The number of ether oxygens (including phenoxy) is 1. The number of nitrogens with zero attached hydrogens (tertiary/aromatic N) is 1. The first-order valence-corrected chi connectivity index (χ1v) is 8.35. The number of carbonyl (C=O) groups is 1. The van der Waals surface area contributed by atoms with Crippen molar-refractivity contribution >= 4 is 28.7 Å². The van der Waals surface area contributed by atoms with Gasteiger partial charge in [0.25, 0.3) is 0 Å². The third-order valence-corrected chi connectivity index (χ3v) is 3.99. The molecular formula is C18H19ClN4O2. The van der Waals surface area contributed by atoms with Crippen LogP contribution in [0.5, 0.6) is 0 Å². The number of amides is 1. The normalized spacial score (nSPS) is 12.1. The van der Waals surface area contributed by atoms with E-state index in [4.69, 9.17) is 22.1 Å². The average molecular weight is 359 g/mol. The minimum absolute atomic E-state index is 0.239. The lowest BCUT2D eigenvalue weighted by atomic mass is 10.2. The molecule has 0 bridgehead atoms. The van der Waals surface area contributed by atoms with Crippen molar-refractivity contribution in [2.75, 3.05) is 6.54 Å². The molecule has 2 aromatic carbocycles. The molecule has 0 saturated carbocycles. The lowest BCUT2D eigenvalue weighted by Gasteiger charge is -2.10. The number of aromatic nitrogens is 2. The van der Waals surface area contributed by atoms with Crippen LogP contribution in [-0.2, 0) is 11.3 Å². The third-order valence-electron chi connectivity index (χ3n) is 3.75. The van der Waals surface area contributed by atoms with Crippen LogP contribution in [0.15, 0.2) is 48.5 Å². The van der Waals surface area contributed by atoms with Crippen LogP contribution < -0.4 is 11.1 Å². The number of H-pyrrole nitrogens is 1. The highest BCUT2D eigenvalue weighted by molar-refractivity contribution is 6.31. The number of nitrogens with two attached hydrogens (primary N) is 1. The molecule has 1 aromatic heterocycles. The van der Waals surface area contributed by atoms with Crippen molar-refractivity contribution in [2.24, 2.45) is 5.73 Å². The SMILES string of the molecule is N[C@@H](CCNC(=O)OCc1ccccc1)c1nc2ccc(Cl)cc2[nH]1. The van der Waals surface area contributed by atoms with E-state index in [0.29, 0.717) is 23.8 Å². The van der Waals surface area contributed by atoms with Gasteiger partial charge in [-0.05, 0) is 30.2 Å². The zero-order chi connectivity index (χ0) is 17.6. The highest BCUT2D eigenvalue weighted by atomic mass is 35.5. The van der Waals surface area contributed by atoms with Crippen LogP contribution >= 0.6 is 11.6 Å². The van der Waals surface area contributed by atoms with Gasteiger partial charge in [-0.25, -0.2) is 9.78 Å². The first-order valence-electron chi connectivity index (χ1n) is 7.97. The van der Waals surface area contributed by atoms with E-state index in [-0.39, 0.29) is 12.6 Å². The predicted octanol–water partition coefficient (Wildman–Crippen LogP) is 3.53. The summed E-state index contributed by atoms with van der Waals surface area (Å²) in [5.41, 5.74) is 8.72. The Morgan fingerprint density at radius 1 is 1.28 bits per heavy atom. The Balaban J connectivity index is 1.45. The van der Waals surface area contributed by atoms with Gasteiger partial charge in [0, 0.05) is 11.6 Å². The Hall–Kier alpha value is -2.57. The summed E-state index contributed by atoms with van der Waals surface area (Å²) in [6.45, 7) is 0.635. The van der Waals surface area contributed by atoms with Gasteiger partial charge in [0.05, 0.1) is 17.1 Å². The van der Waals surface area contributed by atoms with Crippen LogP contribution in [0.2, 0.25) is 5.02 Å². The molecule has 130 valence electrons. The molecule has 0 unspecified atom stereocenters. The van der Waals surface area contributed by atoms with E-state index in [1.54, 1.807) is 12.1 Å². The first kappa shape index (κ1) is 17.3. The van der Waals surface area contributed by atoms with Crippen LogP contribution in [0.3, 0.4) is 0 Å². The second kappa shape index (κ2) is 8.00. The molecule has 0 aliphatic carbocycles. The maximum atomic E-state index is 11.7. The Morgan fingerprint density at radius 3 is 2.88 bits per heavy atom. The van der Waals surface area contributed by atoms with E-state index in [9.17, 15) is 4.79 Å². The number of carbonyl (C=O) groups excluding carboxylic acids is 1. The van der Waals surface area contributed by atoms with Gasteiger partial charge in [-0.3, -0.25) is 0 Å². The molecule has 0 radical (unpaired) electrons. The molecule has 1 heterocycles. The van der Waals surface area contributed by atoms with E-state index >= 15 is 0 Å². The zero-order valence-corrected chi connectivity index (χ0v) is 14.3. The number of fused-ring (bicyclic) bond motifs is 1. The van der Waals surface area contributed by atoms with Crippen molar-refractivity contribution in [3.63, 3.8) is 0 Å². The highest BCUT2D eigenvalue weighted by Crippen LogP contribution is 2.20. The average Bonchev–Trinajstić information content (AvgIpc) is 3.04. The maximum absolute atomic E-state index is 11.7. The Labute approximate surface area is 150 Å². The molecule has 25 heavy (non-hydrogen) atoms. The fourth-order valence-corrected chi connectivity index (χ4v) is 2.59. The van der Waals surface area contributed by atoms with Crippen LogP contribution in [0, 0.1) is 0 Å². The standard InChI is InChI=1S/C18H19ClN4O2/c19-13-6-7-15-16(10-13)23-17(22-15)14(20)8-9-21-18(24)25-11-12-4-2-1-3-5-12/h1-7,10,14H,8-9,11,20H2,(H,21,24)(H,22,23)/t14-/m0/s1. The topological polar surface area (TPSA) is 93.0 Å². The number of rotatable bonds is 6. The van der Waals surface area contributed by atoms with E-state index in [1.165, 1.54) is 0 Å². The van der Waals surface area contributed by atoms with Crippen molar-refractivity contribution in [1.82, 2.24) is 15.3 Å². The molecule has 4 N–H and O–H groups in total. The number of halogens is 1. The van der Waals surface area contributed by atoms with Gasteiger partial charge in [-0.2, -0.15) is 0 Å². The molecule has 0 aliphatic heterocycles. The van der Waals surface area contributed by atoms with Crippen molar-refractivity contribution in [1.29, 1.82) is 0 Å². The smallest absolute Gasteiger partial charge is 0.407 e. The highest BCUT2D eigenvalue weighted by Gasteiger charge is 2.12. The third kappa shape index (κ3) is 4.71. The second-order valence-corrected chi connectivity index (χ2v) is 6.10. The van der Waals surface area contributed by atoms with Crippen molar-refractivity contribution in [3.8, 4) is 0 Å². The summed E-state index contributed by atoms with van der Waals surface area (Å²) < 4.78 is 5.15. The summed E-state index contributed by atoms with van der Waals surface area (Å²) in [4.78, 5) is 19.3. The summed E-state index contributed by atoms with van der Waals surface area (Å²) >= 11 is 5.96. The van der Waals surface area contributed by atoms with Crippen LogP contribution in [-0.4, -0.2) is 22.6 Å². The van der Waals surface area contributed by atoms with Crippen LogP contribution in [0.25, 0.3) is 11.0 Å². The fourth-order valence-electron chi connectivity index (χ4n) is 2.42. The Morgan fingerprint density at radius 2 is 2.08 bits per heavy atom. The number of hydrogen-bond acceptors (Lipinski definition) is 4. The Bertz CT molecular complexity index is 851. The molecule has 1 amide bonds. The first-order chi connectivity index (χ1) is 12.1. The lowest BCUT2D eigenvalue weighted by molar-refractivity contribution is 0.139. The number of nitrogens with one attached hydrogen (secondary N) is 2. The van der Waals surface area contributed by atoms with E-state index in [0.717, 1.165) is 16.6 Å². The summed E-state index contributed by atoms with van der Waals surface area (Å²) in [5.74, 6) is 0.664. The van der Waals surface area contributed by atoms with Gasteiger partial charge in [0.15, 0.2) is 0 Å². The minimum Gasteiger partial charge on any atom is -0.445 e. The van der Waals surface area contributed by atoms with Crippen LogP contribution in [0.1, 0.15) is 23.9 Å². The molecule has 0 spiro atoms. The van der Waals surface area contributed by atoms with Crippen molar-refractivity contribution in [2.45, 2.75) is 19.1 Å². The van der Waals surface area contributed by atoms with Gasteiger partial charge >= 0.3 is 6.09 Å². The number of aromatic amines is 1. The molecule has 7 heteroatoms. The number of alkyl carbamates (subject to hydrolysis) is 1. The van der Waals surface area contributed by atoms with Crippen molar-refractivity contribution in [3.05, 3.63) is 64.9 Å². The van der Waals surface area contributed by atoms with Gasteiger partial charge in [0.2, 0.25) is 0 Å². The maximum Gasteiger partial charge on any atom is 0.407 e. The van der Waals surface area contributed by atoms with E-state index < -0.39 is 6.09 Å². The van der Waals surface area contributed by atoms with Crippen molar-refractivity contribution < 1.29 is 9.53 Å². The van der Waals surface area contributed by atoms with Gasteiger partial charge in [-0.15, -0.1) is 0 Å².